The van der Waals surface area contributed by atoms with Crippen LogP contribution in [0.25, 0.3) is 82.5 Å². The number of hydrogen-bond donors (Lipinski definition) is 2. The minimum atomic E-state index is -0.499. The average Bonchev–Trinajstić information content (AvgIpc) is 0.818. The van der Waals surface area contributed by atoms with E-state index in [9.17, 15) is 19.2 Å². The largest absolute Gasteiger partial charge is 0.490 e. The van der Waals surface area contributed by atoms with Crippen molar-refractivity contribution in [3.8, 4) is 85.2 Å². The van der Waals surface area contributed by atoms with Crippen molar-refractivity contribution in [1.29, 1.82) is 0 Å². The minimum Gasteiger partial charge on any atom is -0.490 e. The van der Waals surface area contributed by atoms with Crippen LogP contribution in [0.5, 0.6) is 17.2 Å². The number of benzene rings is 6. The van der Waals surface area contributed by atoms with Crippen LogP contribution in [0.1, 0.15) is 76.0 Å². The van der Waals surface area contributed by atoms with Crippen LogP contribution in [0.3, 0.4) is 0 Å². The van der Waals surface area contributed by atoms with Gasteiger partial charge in [-0.25, -0.2) is 63.3 Å². The van der Waals surface area contributed by atoms with E-state index >= 15 is 0 Å². The third kappa shape index (κ3) is 25.9. The highest BCUT2D eigenvalue weighted by atomic mass is 16.6. The fraction of sp³-hybridized carbons (Fsp3) is 0.283. The molecular formula is C92H92N18O11. The number of piperidine rings is 3. The van der Waals surface area contributed by atoms with Crippen LogP contribution in [-0.2, 0) is 34.0 Å². The van der Waals surface area contributed by atoms with Gasteiger partial charge in [0.1, 0.15) is 12.4 Å². The van der Waals surface area contributed by atoms with Crippen molar-refractivity contribution in [3.05, 3.63) is 301 Å². The van der Waals surface area contributed by atoms with Crippen LogP contribution in [-0.4, -0.2) is 165 Å². The number of nitrogens with zero attached hydrogens (tertiary/aromatic N) is 17. The first kappa shape index (κ1) is 87.2. The van der Waals surface area contributed by atoms with Crippen LogP contribution in [0.4, 0.5) is 21.9 Å². The van der Waals surface area contributed by atoms with Gasteiger partial charge < -0.3 is 44.0 Å². The normalized spacial score (nSPS) is 13.5. The van der Waals surface area contributed by atoms with Gasteiger partial charge in [-0.15, -0.1) is 0 Å². The van der Waals surface area contributed by atoms with Crippen molar-refractivity contribution in [2.75, 3.05) is 66.1 Å². The summed E-state index contributed by atoms with van der Waals surface area (Å²) in [6.07, 6.45) is 16.2. The second-order valence-electron chi connectivity index (χ2n) is 29.8. The number of hydrogen-bond acceptors (Lipinski definition) is 21. The maximum absolute atomic E-state index is 12.6. The van der Waals surface area contributed by atoms with Crippen LogP contribution in [0.2, 0.25) is 0 Å². The molecule has 0 radical (unpaired) electrons. The molecule has 0 unspecified atom stereocenters. The zero-order valence-corrected chi connectivity index (χ0v) is 67.7. The molecule has 0 aliphatic carbocycles. The molecule has 0 saturated carbocycles. The first-order valence-electron chi connectivity index (χ1n) is 39.4. The van der Waals surface area contributed by atoms with Crippen molar-refractivity contribution in [1.82, 2.24) is 74.4 Å². The SMILES string of the molecule is C=O.O=CO.[C-]#[N+]c1cccc(-c2ccc(=O)n(Cc3cccc(-c4ncc(OCC5CCN(C(=O)OC(C)(C)C)CC5)cn4)c3)n2)c1.[C-]#[N+]c1cccc(-c2ccc(=O)n(Cc3cccc(-c4ncc(OCC5CCN(C)CC5)cn4)c3)n2)c1.[C-]#[N+]c1cccc(-c2ccc(=O)n(Cc3cccc(-c4ncc(OCC5CCNCC5)cn4)c3)n2)c1. The van der Waals surface area contributed by atoms with Crippen molar-refractivity contribution in [2.24, 2.45) is 17.8 Å². The quantitative estimate of drug-likeness (QED) is 0.0498. The molecule has 12 aromatic rings. The lowest BCUT2D eigenvalue weighted by Gasteiger charge is -2.33. The smallest absolute Gasteiger partial charge is 0.410 e. The lowest BCUT2D eigenvalue weighted by molar-refractivity contribution is -0.122. The number of amides is 1. The average molecular weight is 1630 g/mol. The highest BCUT2D eigenvalue weighted by molar-refractivity contribution is 5.69. The molecule has 1 amide bonds. The van der Waals surface area contributed by atoms with Crippen LogP contribution >= 0.6 is 0 Å². The Morgan fingerprint density at radius 1 is 0.455 bits per heavy atom. The van der Waals surface area contributed by atoms with Crippen molar-refractivity contribution >= 4 is 36.4 Å². The Hall–Kier alpha value is -14.6. The molecule has 3 aliphatic rings. The molecule has 29 heteroatoms. The molecule has 3 saturated heterocycles. The molecule has 15 rings (SSSR count). The monoisotopic (exact) mass is 1620 g/mol. The van der Waals surface area contributed by atoms with Crippen LogP contribution < -0.4 is 36.2 Å². The Balaban J connectivity index is 0.000000173. The van der Waals surface area contributed by atoms with Gasteiger partial charge in [0.05, 0.1) is 113 Å². The van der Waals surface area contributed by atoms with E-state index in [-0.39, 0.29) is 35.8 Å². The van der Waals surface area contributed by atoms with Gasteiger partial charge in [0.2, 0.25) is 0 Å². The topological polar surface area (TPSA) is 322 Å². The van der Waals surface area contributed by atoms with E-state index < -0.39 is 5.60 Å². The Morgan fingerprint density at radius 3 is 1.07 bits per heavy atom. The number of nitrogens with one attached hydrogen (secondary N) is 1. The maximum atomic E-state index is 12.6. The standard InChI is InChI=1S/C33H34N6O4.C29H28N6O2.C28H26N6O2.CH2O2.CH2O/c1-33(2,3)43-32(41)38-15-13-23(14-16-38)22-42-28-19-35-31(36-20-28)26-9-5-7-24(17-26)21-39-30(40)12-11-29(37-39)25-8-6-10-27(18-25)34-4;1-30-25-8-4-6-23(16-25)27-9-10-28(36)35(33-27)19-22-5-3-7-24(15-22)29-31-17-26(18-32-29)37-20-21-11-13-34(2)14-12-21;1-29-24-7-3-5-22(15-24)26-8-9-27(35)34(33-26)18-21-4-2-6-23(14-21)28-31-16-25(17-32-28)36-19-20-10-12-30-13-11-20;2-1-3;1-2/h5-12,17-20,23H,13-16,21-22H2,1-3H3;3-10,15-18,21H,11-14,19-20H2,2H3;2-9,14-17,20,30H,10-13,18-19H2;1H,(H,2,3);1H2. The molecule has 3 aliphatic heterocycles. The summed E-state index contributed by atoms with van der Waals surface area (Å²) in [7, 11) is 2.15. The second-order valence-corrected chi connectivity index (χ2v) is 29.8. The Morgan fingerprint density at radius 2 is 0.752 bits per heavy atom. The second kappa shape index (κ2) is 43.6. The van der Waals surface area contributed by atoms with Gasteiger partial charge in [-0.2, -0.15) is 15.3 Å². The summed E-state index contributed by atoms with van der Waals surface area (Å²) >= 11 is 0. The summed E-state index contributed by atoms with van der Waals surface area (Å²) in [5, 5.41) is 23.9. The van der Waals surface area contributed by atoms with E-state index in [1.807, 2.05) is 131 Å². The number of ether oxygens (including phenoxy) is 4. The first-order valence-corrected chi connectivity index (χ1v) is 39.4. The molecule has 0 atom stereocenters. The lowest BCUT2D eigenvalue weighted by atomic mass is 9.98. The van der Waals surface area contributed by atoms with Gasteiger partial charge in [-0.1, -0.05) is 109 Å². The zero-order valence-electron chi connectivity index (χ0n) is 67.7. The molecule has 2 N–H and O–H groups in total. The Kier molecular flexibility index (Phi) is 31.4. The van der Waals surface area contributed by atoms with E-state index in [4.69, 9.17) is 53.4 Å². The first-order chi connectivity index (χ1) is 58.8. The summed E-state index contributed by atoms with van der Waals surface area (Å²) in [5.41, 5.74) is 9.94. The van der Waals surface area contributed by atoms with Crippen molar-refractivity contribution < 1.29 is 38.4 Å². The van der Waals surface area contributed by atoms with Crippen LogP contribution in [0.15, 0.2) is 234 Å². The molecular weight excluding hydrogens is 1530 g/mol. The molecule has 616 valence electrons. The number of carbonyl (C=O) groups excluding carboxylic acids is 2. The maximum Gasteiger partial charge on any atom is 0.410 e. The molecule has 6 aromatic heterocycles. The van der Waals surface area contributed by atoms with Gasteiger partial charge >= 0.3 is 6.09 Å². The third-order valence-corrected chi connectivity index (χ3v) is 19.9. The minimum absolute atomic E-state index is 0.196. The third-order valence-electron chi connectivity index (χ3n) is 19.9. The fourth-order valence-electron chi connectivity index (χ4n) is 13.4. The summed E-state index contributed by atoms with van der Waals surface area (Å²) < 4.78 is 27.6. The predicted molar refractivity (Wildman–Crippen MR) is 459 cm³/mol. The summed E-state index contributed by atoms with van der Waals surface area (Å²) in [5.74, 6) is 5.14. The highest BCUT2D eigenvalue weighted by Crippen LogP contribution is 2.30. The van der Waals surface area contributed by atoms with Gasteiger partial charge in [0.15, 0.2) is 51.8 Å². The van der Waals surface area contributed by atoms with Crippen LogP contribution in [0, 0.1) is 37.5 Å². The van der Waals surface area contributed by atoms with E-state index in [1.54, 1.807) is 103 Å². The fourth-order valence-corrected chi connectivity index (χ4v) is 13.4. The van der Waals surface area contributed by atoms with Crippen molar-refractivity contribution in [3.63, 3.8) is 0 Å². The van der Waals surface area contributed by atoms with E-state index in [1.165, 1.54) is 32.2 Å². The van der Waals surface area contributed by atoms with E-state index in [2.05, 4.69) is 77.0 Å². The predicted octanol–water partition coefficient (Wildman–Crippen LogP) is 14.5. The van der Waals surface area contributed by atoms with Gasteiger partial charge in [-0.05, 0) is 198 Å². The number of carboxylic acid groups (broad SMARTS) is 1. The number of aromatic nitrogens is 12. The molecule has 29 nitrogen and oxygen atoms in total. The highest BCUT2D eigenvalue weighted by Gasteiger charge is 2.28. The summed E-state index contributed by atoms with van der Waals surface area (Å²) in [6, 6.07) is 54.3. The molecule has 6 aromatic carbocycles. The zero-order chi connectivity index (χ0) is 85.5. The van der Waals surface area contributed by atoms with Crippen molar-refractivity contribution in [2.45, 2.75) is 84.5 Å². The molecule has 3 fully saturated rings. The number of likely N-dealkylation sites (tertiary alicyclic amines) is 2. The van der Waals surface area contributed by atoms with E-state index in [0.29, 0.717) is 133 Å². The molecule has 121 heavy (non-hydrogen) atoms. The summed E-state index contributed by atoms with van der Waals surface area (Å²) in [6.45, 7) is 37.5. The van der Waals surface area contributed by atoms with E-state index in [0.717, 1.165) is 115 Å². The molecule has 0 bridgehead atoms. The lowest BCUT2D eigenvalue weighted by Crippen LogP contribution is -2.42. The Labute approximate surface area is 700 Å². The Bertz CT molecular complexity index is 5780. The molecule has 9 heterocycles. The summed E-state index contributed by atoms with van der Waals surface area (Å²) in [4.78, 5) is 108. The number of carbonyl (C=O) groups is 3. The van der Waals surface area contributed by atoms with Gasteiger partial charge in [0, 0.05) is 48.0 Å². The van der Waals surface area contributed by atoms with Gasteiger partial charge in [-0.3, -0.25) is 19.2 Å². The number of rotatable bonds is 21. The van der Waals surface area contributed by atoms with Gasteiger partial charge in [0.25, 0.3) is 23.2 Å². The molecule has 0 spiro atoms.